The Morgan fingerprint density at radius 1 is 0.696 bits per heavy atom. The van der Waals surface area contributed by atoms with Crippen LogP contribution < -0.4 is 0 Å². The van der Waals surface area contributed by atoms with Crippen molar-refractivity contribution in [2.24, 2.45) is 5.41 Å². The molecule has 0 amide bonds. The van der Waals surface area contributed by atoms with Crippen LogP contribution >= 0.6 is 22.7 Å². The molecule has 2 aromatic rings. The summed E-state index contributed by atoms with van der Waals surface area (Å²) in [6, 6.07) is 6.72. The van der Waals surface area contributed by atoms with Gasteiger partial charge in [-0.15, -0.1) is 22.7 Å². The van der Waals surface area contributed by atoms with Crippen LogP contribution in [0.25, 0.3) is 30.2 Å². The number of nitrogens with zero attached hydrogens (tertiary/aromatic N) is 4. The van der Waals surface area contributed by atoms with Gasteiger partial charge < -0.3 is 0 Å². The summed E-state index contributed by atoms with van der Waals surface area (Å²) in [7, 11) is 0. The summed E-state index contributed by atoms with van der Waals surface area (Å²) in [6.45, 7) is 15.1. The standard InChI is InChI=1S/C40H36N4S2/c1-43-31(23-41)26-12-9-11-25(19-26)29-21-30-35(39(29)15-5-3-6-16-39)38-36(40(30)17-7-4-8-18-40)37-34(46-38)22-33(45-37)28-14-10-13-27(20-28)32(24-42)44-2/h19-22H,3-18H2/b31-26+,32-27-. The normalized spacial score (nSPS) is 25.1. The number of thiophene rings is 2. The third kappa shape index (κ3) is 4.24. The van der Waals surface area contributed by atoms with Crippen LogP contribution in [0.5, 0.6) is 0 Å². The molecule has 2 saturated carbocycles. The highest BCUT2D eigenvalue weighted by molar-refractivity contribution is 7.29. The number of rotatable bonds is 2. The topological polar surface area (TPSA) is 56.3 Å². The monoisotopic (exact) mass is 636 g/mol. The van der Waals surface area contributed by atoms with E-state index in [0.717, 1.165) is 49.7 Å². The second kappa shape index (κ2) is 11.4. The van der Waals surface area contributed by atoms with E-state index in [9.17, 15) is 10.5 Å². The zero-order chi connectivity index (χ0) is 31.5. The van der Waals surface area contributed by atoms with Crippen LogP contribution in [-0.2, 0) is 5.41 Å². The minimum Gasteiger partial charge on any atom is -0.226 e. The third-order valence-electron chi connectivity index (χ3n) is 11.7. The molecule has 8 rings (SSSR count). The molecule has 2 fully saturated rings. The average Bonchev–Trinajstić information content (AvgIpc) is 3.81. The molecule has 6 aliphatic rings. The average molecular weight is 637 g/mol. The van der Waals surface area contributed by atoms with E-state index in [-0.39, 0.29) is 22.2 Å². The molecule has 6 heteroatoms. The van der Waals surface area contributed by atoms with Crippen molar-refractivity contribution in [3.63, 3.8) is 0 Å². The fourth-order valence-electron chi connectivity index (χ4n) is 9.77. The first-order chi connectivity index (χ1) is 22.6. The highest BCUT2D eigenvalue weighted by Crippen LogP contribution is 2.71. The maximum absolute atomic E-state index is 9.69. The third-order valence-corrected chi connectivity index (χ3v) is 14.3. The second-order valence-corrected chi connectivity index (χ2v) is 16.1. The lowest BCUT2D eigenvalue weighted by Gasteiger charge is -2.40. The molecule has 0 aliphatic heterocycles. The highest BCUT2D eigenvalue weighted by Gasteiger charge is 2.57. The van der Waals surface area contributed by atoms with Crippen LogP contribution in [0.4, 0.5) is 0 Å². The number of fused-ring (bicyclic) bond motifs is 7. The van der Waals surface area contributed by atoms with Gasteiger partial charge in [0.15, 0.2) is 0 Å². The Balaban J connectivity index is 1.29. The van der Waals surface area contributed by atoms with Crippen LogP contribution in [0, 0.1) is 41.2 Å². The Morgan fingerprint density at radius 2 is 1.28 bits per heavy atom. The maximum atomic E-state index is 9.69. The molecular weight excluding hydrogens is 601 g/mol. The molecule has 4 nitrogen and oxygen atoms in total. The molecule has 228 valence electrons. The smallest absolute Gasteiger partial charge is 0.226 e. The Kier molecular flexibility index (Phi) is 7.29. The van der Waals surface area contributed by atoms with Gasteiger partial charge in [-0.25, -0.2) is 20.2 Å². The van der Waals surface area contributed by atoms with Crippen molar-refractivity contribution in [1.29, 1.82) is 10.5 Å². The Labute approximate surface area is 280 Å². The first-order valence-electron chi connectivity index (χ1n) is 17.0. The molecule has 0 atom stereocenters. The molecule has 0 aromatic carbocycles. The first kappa shape index (κ1) is 29.5. The summed E-state index contributed by atoms with van der Waals surface area (Å²) in [5.74, 6) is 0. The van der Waals surface area contributed by atoms with E-state index in [1.807, 2.05) is 22.7 Å². The van der Waals surface area contributed by atoms with Gasteiger partial charge in [-0.1, -0.05) is 56.8 Å². The molecule has 0 unspecified atom stereocenters. The SMILES string of the molecule is [C-]#[N+]/C(C#N)=C1\C=C(c2cc3sc4c(c3s2)C2(CCCCC2)C2=C4C3(CCCCC3)C(C3=C/C(=C(\C#N)[N+]#[C-])CCC3)=C2)CCC1. The van der Waals surface area contributed by atoms with E-state index in [1.165, 1.54) is 95.2 Å². The zero-order valence-corrected chi connectivity index (χ0v) is 27.9. The quantitative estimate of drug-likeness (QED) is 0.243. The van der Waals surface area contributed by atoms with Crippen LogP contribution in [0.3, 0.4) is 0 Å². The van der Waals surface area contributed by atoms with Crippen molar-refractivity contribution in [2.45, 2.75) is 108 Å². The highest BCUT2D eigenvalue weighted by atomic mass is 32.1. The minimum atomic E-state index is 0.0390. The predicted octanol–water partition coefficient (Wildman–Crippen LogP) is 11.9. The second-order valence-electron chi connectivity index (χ2n) is 14.0. The van der Waals surface area contributed by atoms with E-state index in [2.05, 4.69) is 46.1 Å². The van der Waals surface area contributed by atoms with Crippen molar-refractivity contribution in [3.8, 4) is 12.1 Å². The van der Waals surface area contributed by atoms with Gasteiger partial charge in [0.1, 0.15) is 0 Å². The zero-order valence-electron chi connectivity index (χ0n) is 26.2. The number of allylic oxidation sites excluding steroid dienone is 12. The lowest BCUT2D eigenvalue weighted by molar-refractivity contribution is 0.325. The maximum Gasteiger partial charge on any atom is 0.265 e. The molecule has 2 spiro atoms. The van der Waals surface area contributed by atoms with E-state index in [4.69, 9.17) is 13.1 Å². The number of nitriles is 2. The van der Waals surface area contributed by atoms with Crippen LogP contribution in [0.15, 0.2) is 63.6 Å². The summed E-state index contributed by atoms with van der Waals surface area (Å²) in [6.07, 6.45) is 25.1. The predicted molar refractivity (Wildman–Crippen MR) is 187 cm³/mol. The molecule has 2 aromatic heterocycles. The summed E-state index contributed by atoms with van der Waals surface area (Å²) < 4.78 is 2.88. The Bertz CT molecular complexity index is 2010. The summed E-state index contributed by atoms with van der Waals surface area (Å²) in [5.41, 5.74) is 11.5. The van der Waals surface area contributed by atoms with Crippen LogP contribution in [-0.4, -0.2) is 0 Å². The molecule has 2 heterocycles. The molecule has 46 heavy (non-hydrogen) atoms. The van der Waals surface area contributed by atoms with Gasteiger partial charge in [0.05, 0.1) is 30.0 Å². The Morgan fingerprint density at radius 3 is 1.89 bits per heavy atom. The van der Waals surface area contributed by atoms with Crippen molar-refractivity contribution in [1.82, 2.24) is 0 Å². The fraction of sp³-hybridized carbons (Fsp3) is 0.450. The van der Waals surface area contributed by atoms with E-state index >= 15 is 0 Å². The van der Waals surface area contributed by atoms with Gasteiger partial charge in [0.2, 0.25) is 0 Å². The van der Waals surface area contributed by atoms with Crippen molar-refractivity contribution >= 4 is 43.2 Å². The molecule has 0 saturated heterocycles. The molecule has 6 aliphatic carbocycles. The van der Waals surface area contributed by atoms with Gasteiger partial charge >= 0.3 is 0 Å². The van der Waals surface area contributed by atoms with Crippen LogP contribution in [0.1, 0.15) is 118 Å². The Hall–Kier alpha value is -3.94. The van der Waals surface area contributed by atoms with Crippen LogP contribution in [0.2, 0.25) is 0 Å². The van der Waals surface area contributed by atoms with Gasteiger partial charge in [-0.3, -0.25) is 0 Å². The summed E-state index contributed by atoms with van der Waals surface area (Å²) in [4.78, 5) is 9.98. The van der Waals surface area contributed by atoms with E-state index in [1.54, 1.807) is 21.6 Å². The molecule has 0 radical (unpaired) electrons. The van der Waals surface area contributed by atoms with Crippen molar-refractivity contribution < 1.29 is 0 Å². The largest absolute Gasteiger partial charge is 0.265 e. The minimum absolute atomic E-state index is 0.0390. The summed E-state index contributed by atoms with van der Waals surface area (Å²) >= 11 is 3.99. The lowest BCUT2D eigenvalue weighted by Crippen LogP contribution is -2.28. The number of hydrogen-bond donors (Lipinski definition) is 0. The van der Waals surface area contributed by atoms with E-state index in [0.29, 0.717) is 0 Å². The van der Waals surface area contributed by atoms with Gasteiger partial charge in [0, 0.05) is 25.3 Å². The van der Waals surface area contributed by atoms with E-state index < -0.39 is 0 Å². The molecular formula is C40H36N4S2. The molecule has 0 bridgehead atoms. The van der Waals surface area contributed by atoms with Gasteiger partial charge in [0.25, 0.3) is 11.4 Å². The lowest BCUT2D eigenvalue weighted by atomic mass is 9.63. The van der Waals surface area contributed by atoms with Crippen molar-refractivity contribution in [2.75, 3.05) is 0 Å². The number of hydrogen-bond acceptors (Lipinski definition) is 4. The fourth-order valence-corrected chi connectivity index (χ4v) is 12.8. The van der Waals surface area contributed by atoms with Crippen molar-refractivity contribution in [3.05, 3.63) is 102 Å². The van der Waals surface area contributed by atoms with Gasteiger partial charge in [-0.05, 0) is 115 Å². The first-order valence-corrected chi connectivity index (χ1v) is 18.7. The van der Waals surface area contributed by atoms with Gasteiger partial charge in [-0.2, -0.15) is 0 Å². The summed E-state index contributed by atoms with van der Waals surface area (Å²) in [5, 5.41) is 19.2. The molecule has 0 N–H and O–H groups in total.